The number of aromatic nitrogens is 3. The van der Waals surface area contributed by atoms with Crippen LogP contribution < -0.4 is 14.2 Å². The van der Waals surface area contributed by atoms with Crippen molar-refractivity contribution < 1.29 is 28.8 Å². The number of methoxy groups -OCH3 is 2. The van der Waals surface area contributed by atoms with Gasteiger partial charge in [0, 0.05) is 26.3 Å². The molecule has 3 aromatic rings. The second-order valence-corrected chi connectivity index (χ2v) is 7.53. The third-order valence-electron chi connectivity index (χ3n) is 4.52. The van der Waals surface area contributed by atoms with Crippen molar-refractivity contribution in [2.24, 2.45) is 0 Å². The fraction of sp³-hybridized carbons (Fsp3) is 0.391. The lowest BCUT2D eigenvalue weighted by Crippen LogP contribution is -2.30. The maximum atomic E-state index is 9.93. The lowest BCUT2D eigenvalue weighted by molar-refractivity contribution is 0.0323. The Hall–Kier alpha value is -3.18. The van der Waals surface area contributed by atoms with Gasteiger partial charge in [0.25, 0.3) is 0 Å². The van der Waals surface area contributed by atoms with Crippen LogP contribution in [0.2, 0.25) is 0 Å². The number of likely N-dealkylation sites (N-methyl/N-ethyl adjacent to an activating group) is 1. The second kappa shape index (κ2) is 12.2. The molecule has 10 nitrogen and oxygen atoms in total. The molecule has 0 bridgehead atoms. The SMILES string of the molecule is COCOc1ccc(-c2cn(-c3ccc(OCC(O)CN(C)C)cc3)nn2)cc1OCOC. The maximum absolute atomic E-state index is 9.93. The molecule has 0 aliphatic rings. The van der Waals surface area contributed by atoms with Crippen molar-refractivity contribution in [1.29, 1.82) is 0 Å². The average Bonchev–Trinajstić information content (AvgIpc) is 3.30. The quantitative estimate of drug-likeness (QED) is 0.386. The van der Waals surface area contributed by atoms with Crippen LogP contribution in [-0.4, -0.2) is 86.2 Å². The summed E-state index contributed by atoms with van der Waals surface area (Å²) in [4.78, 5) is 1.91. The summed E-state index contributed by atoms with van der Waals surface area (Å²) in [7, 11) is 6.91. The van der Waals surface area contributed by atoms with Gasteiger partial charge in [0.05, 0.1) is 11.9 Å². The predicted octanol–water partition coefficient (Wildman–Crippen LogP) is 2.20. The molecule has 0 saturated carbocycles. The van der Waals surface area contributed by atoms with Crippen LogP contribution in [0.15, 0.2) is 48.7 Å². The van der Waals surface area contributed by atoms with Crippen molar-refractivity contribution in [3.05, 3.63) is 48.7 Å². The van der Waals surface area contributed by atoms with E-state index in [-0.39, 0.29) is 20.2 Å². The van der Waals surface area contributed by atoms with Crippen molar-refractivity contribution >= 4 is 0 Å². The average molecular weight is 459 g/mol. The Bertz CT molecular complexity index is 993. The topological polar surface area (TPSA) is 100 Å². The molecule has 0 aliphatic carbocycles. The molecule has 1 heterocycles. The summed E-state index contributed by atoms with van der Waals surface area (Å²) in [6.45, 7) is 0.952. The zero-order valence-corrected chi connectivity index (χ0v) is 19.3. The van der Waals surface area contributed by atoms with Crippen LogP contribution in [0.3, 0.4) is 0 Å². The Kier molecular flexibility index (Phi) is 9.02. The molecule has 0 spiro atoms. The fourth-order valence-corrected chi connectivity index (χ4v) is 3.03. The van der Waals surface area contributed by atoms with Gasteiger partial charge in [-0.3, -0.25) is 0 Å². The standard InChI is InChI=1S/C23H30N4O6/c1-26(2)12-19(28)14-31-20-8-6-18(7-9-20)27-13-21(24-25-27)17-5-10-22(32-15-29-3)23(11-17)33-16-30-4/h5-11,13,19,28H,12,14-16H2,1-4H3. The molecule has 0 radical (unpaired) electrons. The monoisotopic (exact) mass is 458 g/mol. The number of hydrogen-bond acceptors (Lipinski definition) is 9. The first-order valence-electron chi connectivity index (χ1n) is 10.4. The van der Waals surface area contributed by atoms with Crippen LogP contribution in [0.4, 0.5) is 0 Å². The second-order valence-electron chi connectivity index (χ2n) is 7.53. The van der Waals surface area contributed by atoms with Gasteiger partial charge in [-0.2, -0.15) is 0 Å². The summed E-state index contributed by atoms with van der Waals surface area (Å²) in [5, 5.41) is 18.4. The Morgan fingerprint density at radius 2 is 1.64 bits per heavy atom. The molecule has 33 heavy (non-hydrogen) atoms. The van der Waals surface area contributed by atoms with E-state index in [0.29, 0.717) is 29.5 Å². The smallest absolute Gasteiger partial charge is 0.188 e. The van der Waals surface area contributed by atoms with E-state index in [1.54, 1.807) is 25.0 Å². The van der Waals surface area contributed by atoms with E-state index in [1.165, 1.54) is 0 Å². The van der Waals surface area contributed by atoms with Gasteiger partial charge in [-0.15, -0.1) is 5.10 Å². The van der Waals surface area contributed by atoms with Crippen LogP contribution in [-0.2, 0) is 9.47 Å². The molecule has 0 aliphatic heterocycles. The summed E-state index contributed by atoms with van der Waals surface area (Å²) in [5.41, 5.74) is 2.31. The first-order valence-corrected chi connectivity index (χ1v) is 10.4. The minimum Gasteiger partial charge on any atom is -0.491 e. The largest absolute Gasteiger partial charge is 0.491 e. The minimum atomic E-state index is -0.554. The van der Waals surface area contributed by atoms with Crippen molar-refractivity contribution in [3.8, 4) is 34.2 Å². The molecular weight excluding hydrogens is 428 g/mol. The van der Waals surface area contributed by atoms with E-state index in [4.69, 9.17) is 23.7 Å². The normalized spacial score (nSPS) is 12.1. The molecule has 1 N–H and O–H groups in total. The van der Waals surface area contributed by atoms with E-state index in [1.807, 2.05) is 61.6 Å². The van der Waals surface area contributed by atoms with Crippen molar-refractivity contribution in [3.63, 3.8) is 0 Å². The summed E-state index contributed by atoms with van der Waals surface area (Å²) in [6.07, 6.45) is 1.27. The third kappa shape index (κ3) is 7.16. The van der Waals surface area contributed by atoms with Crippen molar-refractivity contribution in [2.75, 3.05) is 55.1 Å². The van der Waals surface area contributed by atoms with Gasteiger partial charge in [0.1, 0.15) is 24.2 Å². The van der Waals surface area contributed by atoms with E-state index in [9.17, 15) is 5.11 Å². The van der Waals surface area contributed by atoms with Crippen LogP contribution >= 0.6 is 0 Å². The van der Waals surface area contributed by atoms with E-state index < -0.39 is 6.10 Å². The Balaban J connectivity index is 1.70. The molecule has 0 amide bonds. The Labute approximate surface area is 193 Å². The Morgan fingerprint density at radius 3 is 2.30 bits per heavy atom. The summed E-state index contributed by atoms with van der Waals surface area (Å²) < 4.78 is 28.4. The van der Waals surface area contributed by atoms with Gasteiger partial charge in [0.2, 0.25) is 0 Å². The first kappa shape index (κ1) is 24.5. The van der Waals surface area contributed by atoms with Crippen LogP contribution in [0, 0.1) is 0 Å². The lowest BCUT2D eigenvalue weighted by Gasteiger charge is -2.16. The molecule has 10 heteroatoms. The molecule has 178 valence electrons. The maximum Gasteiger partial charge on any atom is 0.188 e. The number of aliphatic hydroxyl groups excluding tert-OH is 1. The molecule has 1 aromatic heterocycles. The number of ether oxygens (including phenoxy) is 5. The molecule has 1 atom stereocenters. The van der Waals surface area contributed by atoms with Gasteiger partial charge in [0.15, 0.2) is 25.1 Å². The number of nitrogens with zero attached hydrogens (tertiary/aromatic N) is 4. The summed E-state index contributed by atoms with van der Waals surface area (Å²) in [6, 6.07) is 12.9. The van der Waals surface area contributed by atoms with Crippen LogP contribution in [0.25, 0.3) is 16.9 Å². The lowest BCUT2D eigenvalue weighted by atomic mass is 10.1. The molecule has 3 rings (SSSR count). The number of rotatable bonds is 13. The highest BCUT2D eigenvalue weighted by Crippen LogP contribution is 2.32. The highest BCUT2D eigenvalue weighted by atomic mass is 16.7. The Morgan fingerprint density at radius 1 is 0.939 bits per heavy atom. The molecule has 0 fully saturated rings. The predicted molar refractivity (Wildman–Crippen MR) is 122 cm³/mol. The van der Waals surface area contributed by atoms with Crippen LogP contribution in [0.1, 0.15) is 0 Å². The van der Waals surface area contributed by atoms with Crippen molar-refractivity contribution in [1.82, 2.24) is 19.9 Å². The van der Waals surface area contributed by atoms with Gasteiger partial charge >= 0.3 is 0 Å². The van der Waals surface area contributed by atoms with Crippen LogP contribution in [0.5, 0.6) is 17.2 Å². The minimum absolute atomic E-state index is 0.0834. The number of hydrogen-bond donors (Lipinski definition) is 1. The van der Waals surface area contributed by atoms with Gasteiger partial charge < -0.3 is 33.7 Å². The van der Waals surface area contributed by atoms with Gasteiger partial charge in [-0.25, -0.2) is 4.68 Å². The van der Waals surface area contributed by atoms with E-state index >= 15 is 0 Å². The number of aliphatic hydroxyl groups is 1. The summed E-state index contributed by atoms with van der Waals surface area (Å²) in [5.74, 6) is 1.72. The molecular formula is C23H30N4O6. The van der Waals surface area contributed by atoms with Gasteiger partial charge in [-0.05, 0) is 56.6 Å². The highest BCUT2D eigenvalue weighted by Gasteiger charge is 2.12. The van der Waals surface area contributed by atoms with Crippen molar-refractivity contribution in [2.45, 2.75) is 6.10 Å². The first-order chi connectivity index (χ1) is 16.0. The van der Waals surface area contributed by atoms with E-state index in [0.717, 1.165) is 11.3 Å². The third-order valence-corrected chi connectivity index (χ3v) is 4.52. The molecule has 1 unspecified atom stereocenters. The number of benzene rings is 2. The van der Waals surface area contributed by atoms with E-state index in [2.05, 4.69) is 10.3 Å². The fourth-order valence-electron chi connectivity index (χ4n) is 3.03. The van der Waals surface area contributed by atoms with Gasteiger partial charge in [-0.1, -0.05) is 5.21 Å². The molecule has 2 aromatic carbocycles. The molecule has 0 saturated heterocycles. The zero-order valence-electron chi connectivity index (χ0n) is 19.3. The highest BCUT2D eigenvalue weighted by molar-refractivity contribution is 5.63. The zero-order chi connectivity index (χ0) is 23.6. The summed E-state index contributed by atoms with van der Waals surface area (Å²) >= 11 is 0.